The van der Waals surface area contributed by atoms with Crippen LogP contribution in [-0.2, 0) is 25.6 Å². The Balaban J connectivity index is 1.97. The highest BCUT2D eigenvalue weighted by Gasteiger charge is 2.49. The zero-order valence-electron chi connectivity index (χ0n) is 14.2. The van der Waals surface area contributed by atoms with E-state index >= 15 is 0 Å². The number of alkyl halides is 3. The van der Waals surface area contributed by atoms with Crippen LogP contribution in [0.3, 0.4) is 0 Å². The number of carboxylic acids is 1. The molecule has 2 fully saturated rings. The van der Waals surface area contributed by atoms with Crippen molar-refractivity contribution in [2.24, 2.45) is 4.99 Å². The standard InChI is InChI=1S/C16H15F3N2O5S2/c17-16(18,19)9-2-1-3-10(6-9)21-11-7-28(25,26)8-12(11)27-15(21)20-13(22)4-5-14(23)24/h1-3,6,11-12H,4-5,7-8H2,(H,23,24)/t11-,12+/m0/s1. The van der Waals surface area contributed by atoms with Crippen molar-refractivity contribution in [3.63, 3.8) is 0 Å². The lowest BCUT2D eigenvalue weighted by atomic mass is 10.1. The molecular formula is C16H15F3N2O5S2. The number of amides is 1. The summed E-state index contributed by atoms with van der Waals surface area (Å²) >= 11 is 1.01. The molecule has 2 aliphatic heterocycles. The number of amidine groups is 1. The molecule has 2 heterocycles. The maximum Gasteiger partial charge on any atom is 0.416 e. The number of aliphatic carboxylic acids is 1. The second kappa shape index (κ2) is 7.39. The van der Waals surface area contributed by atoms with Gasteiger partial charge in [-0.25, -0.2) is 8.42 Å². The van der Waals surface area contributed by atoms with Crippen LogP contribution in [-0.4, -0.2) is 53.4 Å². The van der Waals surface area contributed by atoms with E-state index in [1.807, 2.05) is 0 Å². The number of sulfone groups is 1. The highest BCUT2D eigenvalue weighted by molar-refractivity contribution is 8.16. The van der Waals surface area contributed by atoms with E-state index in [2.05, 4.69) is 4.99 Å². The first-order valence-corrected chi connectivity index (χ1v) is 10.8. The van der Waals surface area contributed by atoms with Gasteiger partial charge in [0.25, 0.3) is 0 Å². The molecule has 1 N–H and O–H groups in total. The molecule has 1 aromatic rings. The van der Waals surface area contributed by atoms with Crippen molar-refractivity contribution < 1.29 is 36.3 Å². The van der Waals surface area contributed by atoms with Crippen molar-refractivity contribution in [2.75, 3.05) is 16.4 Å². The number of nitrogens with zero attached hydrogens (tertiary/aromatic N) is 2. The van der Waals surface area contributed by atoms with Crippen molar-refractivity contribution in [2.45, 2.75) is 30.3 Å². The third kappa shape index (κ3) is 4.49. The monoisotopic (exact) mass is 436 g/mol. The van der Waals surface area contributed by atoms with Gasteiger partial charge in [-0.2, -0.15) is 18.2 Å². The minimum atomic E-state index is -4.58. The Kier molecular flexibility index (Phi) is 5.45. The smallest absolute Gasteiger partial charge is 0.416 e. The number of anilines is 1. The van der Waals surface area contributed by atoms with E-state index in [0.29, 0.717) is 0 Å². The number of carbonyl (C=O) groups excluding carboxylic acids is 1. The van der Waals surface area contributed by atoms with E-state index < -0.39 is 51.2 Å². The fourth-order valence-corrected chi connectivity index (χ4v) is 7.01. The number of benzene rings is 1. The first-order valence-electron chi connectivity index (χ1n) is 8.13. The molecule has 0 aliphatic carbocycles. The lowest BCUT2D eigenvalue weighted by Gasteiger charge is -2.25. The molecular weight excluding hydrogens is 421 g/mol. The zero-order valence-corrected chi connectivity index (χ0v) is 15.9. The van der Waals surface area contributed by atoms with E-state index in [-0.39, 0.29) is 28.8 Å². The van der Waals surface area contributed by atoms with E-state index in [4.69, 9.17) is 5.11 Å². The molecule has 1 aromatic carbocycles. The summed E-state index contributed by atoms with van der Waals surface area (Å²) in [6.45, 7) is 0. The summed E-state index contributed by atoms with van der Waals surface area (Å²) in [6, 6.07) is 3.71. The van der Waals surface area contributed by atoms with Gasteiger partial charge in [-0.1, -0.05) is 17.8 Å². The van der Waals surface area contributed by atoms with Crippen LogP contribution >= 0.6 is 11.8 Å². The van der Waals surface area contributed by atoms with Crippen LogP contribution in [0.15, 0.2) is 29.3 Å². The molecule has 7 nitrogen and oxygen atoms in total. The van der Waals surface area contributed by atoms with Crippen LogP contribution in [0.1, 0.15) is 18.4 Å². The molecule has 2 saturated heterocycles. The molecule has 0 aromatic heterocycles. The molecule has 1 amide bonds. The van der Waals surface area contributed by atoms with Crippen LogP contribution in [0.4, 0.5) is 18.9 Å². The largest absolute Gasteiger partial charge is 0.481 e. The predicted molar refractivity (Wildman–Crippen MR) is 97.1 cm³/mol. The molecule has 0 unspecified atom stereocenters. The average Bonchev–Trinajstić information content (AvgIpc) is 3.03. The number of thioether (sulfide) groups is 1. The van der Waals surface area contributed by atoms with E-state index in [9.17, 15) is 31.2 Å². The minimum Gasteiger partial charge on any atom is -0.481 e. The Morgan fingerprint density at radius 1 is 1.25 bits per heavy atom. The van der Waals surface area contributed by atoms with E-state index in [1.165, 1.54) is 17.0 Å². The molecule has 28 heavy (non-hydrogen) atoms. The lowest BCUT2D eigenvalue weighted by Crippen LogP contribution is -2.37. The van der Waals surface area contributed by atoms with Gasteiger partial charge in [0.1, 0.15) is 0 Å². The van der Waals surface area contributed by atoms with Gasteiger partial charge in [0.15, 0.2) is 15.0 Å². The molecule has 0 spiro atoms. The Labute approximate surface area is 162 Å². The normalized spacial score (nSPS) is 25.1. The summed E-state index contributed by atoms with van der Waals surface area (Å²) in [5.41, 5.74) is -0.826. The number of halogens is 3. The topological polar surface area (TPSA) is 104 Å². The Hall–Kier alpha value is -2.08. The van der Waals surface area contributed by atoms with Crippen molar-refractivity contribution in [1.29, 1.82) is 0 Å². The summed E-state index contributed by atoms with van der Waals surface area (Å²) in [6.07, 6.45) is -5.37. The summed E-state index contributed by atoms with van der Waals surface area (Å²) in [5, 5.41) is 8.28. The SMILES string of the molecule is O=C(O)CCC(=O)N=C1S[C@@H]2CS(=O)(=O)C[C@@H]2N1c1cccc(C(F)(F)F)c1. The van der Waals surface area contributed by atoms with Crippen LogP contribution < -0.4 is 4.90 Å². The number of fused-ring (bicyclic) bond motifs is 1. The number of hydrogen-bond donors (Lipinski definition) is 1. The lowest BCUT2D eigenvalue weighted by molar-refractivity contribution is -0.138. The summed E-state index contributed by atoms with van der Waals surface area (Å²) in [5.74, 6) is -2.33. The molecule has 152 valence electrons. The number of rotatable bonds is 4. The van der Waals surface area contributed by atoms with Crippen molar-refractivity contribution >= 4 is 44.3 Å². The Bertz CT molecular complexity index is 946. The molecule has 0 bridgehead atoms. The molecule has 12 heteroatoms. The number of aliphatic imine (C=N–C) groups is 1. The third-order valence-electron chi connectivity index (χ3n) is 4.29. The average molecular weight is 436 g/mol. The van der Waals surface area contributed by atoms with Crippen LogP contribution in [0.25, 0.3) is 0 Å². The van der Waals surface area contributed by atoms with Gasteiger partial charge in [0.05, 0.1) is 29.5 Å². The first kappa shape index (κ1) is 20.6. The zero-order chi connectivity index (χ0) is 20.7. The second-order valence-electron chi connectivity index (χ2n) is 6.40. The van der Waals surface area contributed by atoms with Crippen LogP contribution in [0.5, 0.6) is 0 Å². The highest BCUT2D eigenvalue weighted by Crippen LogP contribution is 2.42. The van der Waals surface area contributed by atoms with Gasteiger partial charge in [0.2, 0.25) is 5.91 Å². The summed E-state index contributed by atoms with van der Waals surface area (Å²) < 4.78 is 63.1. The first-order chi connectivity index (χ1) is 13.0. The predicted octanol–water partition coefficient (Wildman–Crippen LogP) is 2.17. The highest BCUT2D eigenvalue weighted by atomic mass is 32.2. The number of carbonyl (C=O) groups is 2. The third-order valence-corrected chi connectivity index (χ3v) is 7.50. The maximum absolute atomic E-state index is 13.1. The van der Waals surface area contributed by atoms with Gasteiger partial charge >= 0.3 is 12.1 Å². The van der Waals surface area contributed by atoms with Gasteiger partial charge in [-0.05, 0) is 18.2 Å². The van der Waals surface area contributed by atoms with Crippen molar-refractivity contribution in [1.82, 2.24) is 0 Å². The summed E-state index contributed by atoms with van der Waals surface area (Å²) in [4.78, 5) is 27.8. The van der Waals surface area contributed by atoms with Crippen LogP contribution in [0.2, 0.25) is 0 Å². The van der Waals surface area contributed by atoms with E-state index in [1.54, 1.807) is 0 Å². The minimum absolute atomic E-state index is 0.0803. The maximum atomic E-state index is 13.1. The molecule has 2 atom stereocenters. The fourth-order valence-electron chi connectivity index (χ4n) is 3.07. The molecule has 0 radical (unpaired) electrons. The fraction of sp³-hybridized carbons (Fsp3) is 0.438. The van der Waals surface area contributed by atoms with Gasteiger partial charge in [-0.3, -0.25) is 9.59 Å². The number of hydrogen-bond acceptors (Lipinski definition) is 5. The second-order valence-corrected chi connectivity index (χ2v) is 9.76. The molecule has 0 saturated carbocycles. The quantitative estimate of drug-likeness (QED) is 0.771. The van der Waals surface area contributed by atoms with Gasteiger partial charge in [0, 0.05) is 17.4 Å². The Morgan fingerprint density at radius 3 is 2.61 bits per heavy atom. The van der Waals surface area contributed by atoms with Gasteiger partial charge in [-0.15, -0.1) is 0 Å². The Morgan fingerprint density at radius 2 is 1.96 bits per heavy atom. The molecule has 3 rings (SSSR count). The van der Waals surface area contributed by atoms with Gasteiger partial charge < -0.3 is 10.0 Å². The van der Waals surface area contributed by atoms with Crippen molar-refractivity contribution in [3.05, 3.63) is 29.8 Å². The van der Waals surface area contributed by atoms with E-state index in [0.717, 1.165) is 23.9 Å². The summed E-state index contributed by atoms with van der Waals surface area (Å²) in [7, 11) is -3.36. The van der Waals surface area contributed by atoms with Crippen molar-refractivity contribution in [3.8, 4) is 0 Å². The van der Waals surface area contributed by atoms with Crippen LogP contribution in [0, 0.1) is 0 Å². The number of carboxylic acid groups (broad SMARTS) is 1. The molecule has 2 aliphatic rings.